The van der Waals surface area contributed by atoms with Crippen molar-refractivity contribution >= 4 is 12.1 Å². The molecule has 5 nitrogen and oxygen atoms in total. The molecule has 1 aliphatic rings. The summed E-state index contributed by atoms with van der Waals surface area (Å²) in [6, 6.07) is 19.0. The molecule has 2 aromatic rings. The molecule has 2 aromatic carbocycles. The number of nitrogens with zero attached hydrogens (tertiary/aromatic N) is 1. The van der Waals surface area contributed by atoms with E-state index in [-0.39, 0.29) is 11.8 Å². The number of ether oxygens (including phenoxy) is 1. The molecule has 1 aliphatic heterocycles. The predicted molar refractivity (Wildman–Crippen MR) is 105 cm³/mol. The first kappa shape index (κ1) is 19.9. The largest absolute Gasteiger partial charge is 0.548 e. The smallest absolute Gasteiger partial charge is 0.410 e. The molecule has 1 fully saturated rings. The highest BCUT2D eigenvalue weighted by atomic mass is 16.6. The normalized spacial score (nSPS) is 19.6. The minimum atomic E-state index is -1.24. The third kappa shape index (κ3) is 4.53. The van der Waals surface area contributed by atoms with Crippen molar-refractivity contribution in [3.63, 3.8) is 0 Å². The Kier molecular flexibility index (Phi) is 5.73. The molecule has 0 saturated carbocycles. The van der Waals surface area contributed by atoms with Gasteiger partial charge in [-0.25, -0.2) is 4.79 Å². The molecule has 0 aromatic heterocycles. The Bertz CT molecular complexity index is 774. The molecule has 2 atom stereocenters. The lowest BCUT2D eigenvalue weighted by molar-refractivity contribution is -0.310. The molecule has 0 aliphatic carbocycles. The summed E-state index contributed by atoms with van der Waals surface area (Å²) in [6.07, 6.45) is -0.278. The van der Waals surface area contributed by atoms with Gasteiger partial charge < -0.3 is 14.6 Å². The van der Waals surface area contributed by atoms with Crippen molar-refractivity contribution in [3.05, 3.63) is 71.8 Å². The number of carbonyl (C=O) groups is 2. The van der Waals surface area contributed by atoms with E-state index in [0.29, 0.717) is 13.0 Å². The first-order valence-corrected chi connectivity index (χ1v) is 9.56. The Balaban J connectivity index is 1.93. The van der Waals surface area contributed by atoms with E-state index in [1.54, 1.807) is 20.8 Å². The number of hydrogen-bond donors (Lipinski definition) is 0. The van der Waals surface area contributed by atoms with Crippen LogP contribution in [0.4, 0.5) is 4.79 Å². The van der Waals surface area contributed by atoms with Crippen molar-refractivity contribution in [3.8, 4) is 0 Å². The van der Waals surface area contributed by atoms with E-state index in [9.17, 15) is 14.7 Å². The molecule has 0 unspecified atom stereocenters. The van der Waals surface area contributed by atoms with Crippen molar-refractivity contribution < 1.29 is 19.4 Å². The summed E-state index contributed by atoms with van der Waals surface area (Å²) >= 11 is 0. The number of benzene rings is 2. The van der Waals surface area contributed by atoms with Gasteiger partial charge in [-0.15, -0.1) is 0 Å². The molecular weight excluding hydrogens is 354 g/mol. The lowest BCUT2D eigenvalue weighted by Crippen LogP contribution is -2.48. The molecule has 5 heteroatoms. The number of likely N-dealkylation sites (tertiary alicyclic amines) is 1. The van der Waals surface area contributed by atoms with Gasteiger partial charge in [0, 0.05) is 12.5 Å². The minimum Gasteiger partial charge on any atom is -0.548 e. The first-order chi connectivity index (χ1) is 13.3. The molecule has 1 heterocycles. The van der Waals surface area contributed by atoms with Crippen LogP contribution < -0.4 is 5.11 Å². The first-order valence-electron chi connectivity index (χ1n) is 9.56. The Hall–Kier alpha value is -2.82. The molecule has 1 saturated heterocycles. The third-order valence-corrected chi connectivity index (χ3v) is 5.02. The van der Waals surface area contributed by atoms with Gasteiger partial charge in [-0.1, -0.05) is 60.7 Å². The average molecular weight is 380 g/mol. The van der Waals surface area contributed by atoms with Crippen LogP contribution in [0.5, 0.6) is 0 Å². The standard InChI is InChI=1S/C23H27NO4/c1-23(2,3)28-22(27)24-15-18(14-19(24)21(25)26)20(16-10-6-4-7-11-16)17-12-8-5-9-13-17/h4-13,18-20H,14-15H2,1-3H3,(H,25,26)/p-1/t18-,19+/m1/s1. The highest BCUT2D eigenvalue weighted by Crippen LogP contribution is 2.40. The number of aliphatic carboxylic acids is 1. The lowest BCUT2D eigenvalue weighted by atomic mass is 9.79. The van der Waals surface area contributed by atoms with E-state index in [2.05, 4.69) is 0 Å². The number of hydrogen-bond acceptors (Lipinski definition) is 4. The van der Waals surface area contributed by atoms with Crippen molar-refractivity contribution in [1.82, 2.24) is 4.90 Å². The SMILES string of the molecule is CC(C)(C)OC(=O)N1C[C@H](C(c2ccccc2)c2ccccc2)C[C@H]1C(=O)[O-]. The topological polar surface area (TPSA) is 69.7 Å². The van der Waals surface area contributed by atoms with Gasteiger partial charge in [-0.3, -0.25) is 4.90 Å². The zero-order valence-electron chi connectivity index (χ0n) is 16.5. The summed E-state index contributed by atoms with van der Waals surface area (Å²) in [5, 5.41) is 11.8. The van der Waals surface area contributed by atoms with Gasteiger partial charge in [0.1, 0.15) is 5.60 Å². The average Bonchev–Trinajstić information content (AvgIpc) is 3.08. The second-order valence-electron chi connectivity index (χ2n) is 8.26. The van der Waals surface area contributed by atoms with Crippen molar-refractivity contribution in [2.45, 2.75) is 44.8 Å². The Morgan fingerprint density at radius 2 is 1.50 bits per heavy atom. The summed E-state index contributed by atoms with van der Waals surface area (Å²) in [5.41, 5.74) is 1.51. The highest BCUT2D eigenvalue weighted by Gasteiger charge is 2.42. The highest BCUT2D eigenvalue weighted by molar-refractivity contribution is 5.79. The molecule has 0 spiro atoms. The Labute approximate surface area is 165 Å². The molecule has 3 rings (SSSR count). The van der Waals surface area contributed by atoms with E-state index in [4.69, 9.17) is 4.74 Å². The third-order valence-electron chi connectivity index (χ3n) is 5.02. The van der Waals surface area contributed by atoms with E-state index in [1.165, 1.54) is 4.90 Å². The molecule has 0 bridgehead atoms. The van der Waals surface area contributed by atoms with Crippen LogP contribution in [0, 0.1) is 5.92 Å². The molecule has 28 heavy (non-hydrogen) atoms. The lowest BCUT2D eigenvalue weighted by Gasteiger charge is -2.29. The summed E-state index contributed by atoms with van der Waals surface area (Å²) in [6.45, 7) is 5.61. The maximum atomic E-state index is 12.6. The Morgan fingerprint density at radius 1 is 1.00 bits per heavy atom. The van der Waals surface area contributed by atoms with Gasteiger partial charge in [0.2, 0.25) is 0 Å². The van der Waals surface area contributed by atoms with E-state index >= 15 is 0 Å². The summed E-state index contributed by atoms with van der Waals surface area (Å²) in [4.78, 5) is 25.7. The summed E-state index contributed by atoms with van der Waals surface area (Å²) < 4.78 is 5.44. The number of carboxylic acids is 1. The van der Waals surface area contributed by atoms with Gasteiger partial charge in [0.25, 0.3) is 0 Å². The minimum absolute atomic E-state index is 0.0170. The molecular formula is C23H26NO4-. The van der Waals surface area contributed by atoms with Gasteiger partial charge in [0.15, 0.2) is 0 Å². The van der Waals surface area contributed by atoms with Crippen molar-refractivity contribution in [2.24, 2.45) is 5.92 Å². The van der Waals surface area contributed by atoms with Crippen molar-refractivity contribution in [1.29, 1.82) is 0 Å². The summed E-state index contributed by atoms with van der Waals surface area (Å²) in [5.74, 6) is -1.31. The second kappa shape index (κ2) is 8.05. The van der Waals surface area contributed by atoms with E-state index < -0.39 is 23.7 Å². The maximum absolute atomic E-state index is 12.6. The van der Waals surface area contributed by atoms with Crippen LogP contribution in [0.1, 0.15) is 44.2 Å². The van der Waals surface area contributed by atoms with Gasteiger partial charge in [-0.05, 0) is 44.2 Å². The zero-order chi connectivity index (χ0) is 20.3. The van der Waals surface area contributed by atoms with Crippen LogP contribution in [0.3, 0.4) is 0 Å². The van der Waals surface area contributed by atoms with Crippen molar-refractivity contribution in [2.75, 3.05) is 6.54 Å². The van der Waals surface area contributed by atoms with Crippen LogP contribution in [0.15, 0.2) is 60.7 Å². The quantitative estimate of drug-likeness (QED) is 0.817. The number of amides is 1. The fourth-order valence-electron chi connectivity index (χ4n) is 3.91. The number of carbonyl (C=O) groups excluding carboxylic acids is 2. The van der Waals surface area contributed by atoms with Gasteiger partial charge in [0.05, 0.1) is 12.0 Å². The molecule has 148 valence electrons. The summed E-state index contributed by atoms with van der Waals surface area (Å²) in [7, 11) is 0. The monoisotopic (exact) mass is 380 g/mol. The Morgan fingerprint density at radius 3 is 1.93 bits per heavy atom. The number of rotatable bonds is 4. The molecule has 0 N–H and O–H groups in total. The van der Waals surface area contributed by atoms with E-state index in [1.807, 2.05) is 60.7 Å². The van der Waals surface area contributed by atoms with Crippen LogP contribution in [0.25, 0.3) is 0 Å². The fraction of sp³-hybridized carbons (Fsp3) is 0.391. The molecule has 1 amide bonds. The van der Waals surface area contributed by atoms with Gasteiger partial charge in [-0.2, -0.15) is 0 Å². The van der Waals surface area contributed by atoms with Gasteiger partial charge >= 0.3 is 6.09 Å². The van der Waals surface area contributed by atoms with Crippen LogP contribution in [0.2, 0.25) is 0 Å². The second-order valence-corrected chi connectivity index (χ2v) is 8.26. The molecule has 0 radical (unpaired) electrons. The number of carboxylic acid groups (broad SMARTS) is 1. The van der Waals surface area contributed by atoms with E-state index in [0.717, 1.165) is 11.1 Å². The van der Waals surface area contributed by atoms with Crippen LogP contribution in [-0.2, 0) is 9.53 Å². The maximum Gasteiger partial charge on any atom is 0.410 e. The van der Waals surface area contributed by atoms with Crippen LogP contribution in [-0.4, -0.2) is 35.2 Å². The zero-order valence-corrected chi connectivity index (χ0v) is 16.5. The predicted octanol–water partition coefficient (Wildman–Crippen LogP) is 3.19. The fourth-order valence-corrected chi connectivity index (χ4v) is 3.91. The van der Waals surface area contributed by atoms with Crippen LogP contribution >= 0.6 is 0 Å².